The van der Waals surface area contributed by atoms with Crippen molar-refractivity contribution in [3.63, 3.8) is 0 Å². The summed E-state index contributed by atoms with van der Waals surface area (Å²) < 4.78 is 2.06. The number of aliphatic carboxylic acids is 1. The summed E-state index contributed by atoms with van der Waals surface area (Å²) in [6.07, 6.45) is 3.54. The SMILES string of the molecule is CNC(c1cn(C)c2ccccc12)C1(C(=O)O)CC1. The van der Waals surface area contributed by atoms with E-state index >= 15 is 0 Å². The molecule has 1 aromatic carbocycles. The first-order chi connectivity index (χ1) is 9.10. The average Bonchev–Trinajstić information content (AvgIpc) is 3.14. The molecule has 0 amide bonds. The second-order valence-corrected chi connectivity index (χ2v) is 5.40. The summed E-state index contributed by atoms with van der Waals surface area (Å²) in [5.74, 6) is -0.695. The first-order valence-electron chi connectivity index (χ1n) is 6.55. The molecule has 1 aliphatic rings. The molecule has 4 heteroatoms. The Labute approximate surface area is 112 Å². The van der Waals surface area contributed by atoms with Gasteiger partial charge in [-0.15, -0.1) is 0 Å². The van der Waals surface area contributed by atoms with Crippen molar-refractivity contribution >= 4 is 16.9 Å². The predicted octanol–water partition coefficient (Wildman–Crippen LogP) is 2.30. The van der Waals surface area contributed by atoms with Crippen molar-refractivity contribution in [2.24, 2.45) is 12.5 Å². The lowest BCUT2D eigenvalue weighted by Gasteiger charge is -2.22. The second kappa shape index (κ2) is 4.10. The van der Waals surface area contributed by atoms with E-state index in [4.69, 9.17) is 0 Å². The molecule has 1 unspecified atom stereocenters. The zero-order valence-electron chi connectivity index (χ0n) is 11.2. The van der Waals surface area contributed by atoms with Gasteiger partial charge in [0.2, 0.25) is 0 Å². The van der Waals surface area contributed by atoms with Crippen LogP contribution in [-0.4, -0.2) is 22.7 Å². The van der Waals surface area contributed by atoms with Crippen molar-refractivity contribution < 1.29 is 9.90 Å². The number of hydrogen-bond acceptors (Lipinski definition) is 2. The van der Waals surface area contributed by atoms with Gasteiger partial charge in [0.1, 0.15) is 0 Å². The Kier molecular flexibility index (Phi) is 2.64. The lowest BCUT2D eigenvalue weighted by atomic mass is 9.90. The molecule has 1 fully saturated rings. The first-order valence-corrected chi connectivity index (χ1v) is 6.55. The third kappa shape index (κ3) is 1.67. The van der Waals surface area contributed by atoms with Gasteiger partial charge in [-0.2, -0.15) is 0 Å². The smallest absolute Gasteiger partial charge is 0.311 e. The zero-order chi connectivity index (χ0) is 13.6. The van der Waals surface area contributed by atoms with E-state index < -0.39 is 11.4 Å². The molecule has 0 saturated heterocycles. The van der Waals surface area contributed by atoms with Gasteiger partial charge in [-0.25, -0.2) is 0 Å². The molecule has 0 aliphatic heterocycles. The normalized spacial score (nSPS) is 18.4. The summed E-state index contributed by atoms with van der Waals surface area (Å²) in [7, 11) is 3.84. The number of carboxylic acid groups (broad SMARTS) is 1. The number of carbonyl (C=O) groups is 1. The van der Waals surface area contributed by atoms with E-state index in [0.717, 1.165) is 29.3 Å². The van der Waals surface area contributed by atoms with E-state index in [-0.39, 0.29) is 6.04 Å². The van der Waals surface area contributed by atoms with Crippen LogP contribution in [-0.2, 0) is 11.8 Å². The molecule has 2 aromatic rings. The van der Waals surface area contributed by atoms with Crippen LogP contribution in [0.2, 0.25) is 0 Å². The van der Waals surface area contributed by atoms with E-state index in [1.807, 2.05) is 26.2 Å². The third-order valence-electron chi connectivity index (χ3n) is 4.29. The molecule has 0 spiro atoms. The maximum absolute atomic E-state index is 11.6. The van der Waals surface area contributed by atoms with Crippen LogP contribution in [0.5, 0.6) is 0 Å². The van der Waals surface area contributed by atoms with Gasteiger partial charge >= 0.3 is 5.97 Å². The molecule has 1 heterocycles. The van der Waals surface area contributed by atoms with Crippen molar-refractivity contribution in [3.05, 3.63) is 36.0 Å². The molecule has 0 radical (unpaired) electrons. The predicted molar refractivity (Wildman–Crippen MR) is 74.0 cm³/mol. The minimum atomic E-state index is -0.695. The second-order valence-electron chi connectivity index (χ2n) is 5.40. The Hall–Kier alpha value is -1.81. The highest BCUT2D eigenvalue weighted by Gasteiger charge is 2.56. The van der Waals surface area contributed by atoms with Crippen LogP contribution in [0.1, 0.15) is 24.4 Å². The van der Waals surface area contributed by atoms with Gasteiger partial charge < -0.3 is 15.0 Å². The van der Waals surface area contributed by atoms with Crippen molar-refractivity contribution in [3.8, 4) is 0 Å². The lowest BCUT2D eigenvalue weighted by Crippen LogP contribution is -2.32. The number of benzene rings is 1. The number of nitrogens with one attached hydrogen (secondary N) is 1. The fraction of sp³-hybridized carbons (Fsp3) is 0.400. The van der Waals surface area contributed by atoms with Crippen LogP contribution < -0.4 is 5.32 Å². The van der Waals surface area contributed by atoms with E-state index in [1.165, 1.54) is 0 Å². The lowest BCUT2D eigenvalue weighted by molar-refractivity contribution is -0.144. The molecule has 100 valence electrons. The van der Waals surface area contributed by atoms with Gasteiger partial charge in [0, 0.05) is 24.1 Å². The number of para-hydroxylation sites is 1. The van der Waals surface area contributed by atoms with E-state index in [1.54, 1.807) is 0 Å². The third-order valence-corrected chi connectivity index (χ3v) is 4.29. The largest absolute Gasteiger partial charge is 0.481 e. The number of aryl methyl sites for hydroxylation is 1. The van der Waals surface area contributed by atoms with Crippen molar-refractivity contribution in [1.82, 2.24) is 9.88 Å². The van der Waals surface area contributed by atoms with Gasteiger partial charge in [0.15, 0.2) is 0 Å². The molecule has 4 nitrogen and oxygen atoms in total. The number of fused-ring (bicyclic) bond motifs is 1. The molecule has 1 atom stereocenters. The summed E-state index contributed by atoms with van der Waals surface area (Å²) >= 11 is 0. The fourth-order valence-corrected chi connectivity index (χ4v) is 3.09. The maximum Gasteiger partial charge on any atom is 0.311 e. The molecule has 0 bridgehead atoms. The van der Waals surface area contributed by atoms with Gasteiger partial charge in [-0.05, 0) is 31.5 Å². The number of aromatic nitrogens is 1. The summed E-state index contributed by atoms with van der Waals surface area (Å²) in [6, 6.07) is 8.00. The number of hydrogen-bond donors (Lipinski definition) is 2. The van der Waals surface area contributed by atoms with Crippen LogP contribution >= 0.6 is 0 Å². The highest BCUT2D eigenvalue weighted by atomic mass is 16.4. The van der Waals surface area contributed by atoms with Crippen molar-refractivity contribution in [1.29, 1.82) is 0 Å². The van der Waals surface area contributed by atoms with Gasteiger partial charge in [-0.1, -0.05) is 18.2 Å². The van der Waals surface area contributed by atoms with Crippen LogP contribution in [0.4, 0.5) is 0 Å². The molecule has 1 saturated carbocycles. The van der Waals surface area contributed by atoms with Crippen LogP contribution in [0, 0.1) is 5.41 Å². The molecular weight excluding hydrogens is 240 g/mol. The highest BCUT2D eigenvalue weighted by molar-refractivity contribution is 5.87. The summed E-state index contributed by atoms with van der Waals surface area (Å²) in [4.78, 5) is 11.6. The monoisotopic (exact) mass is 258 g/mol. The Balaban J connectivity index is 2.15. The molecule has 1 aromatic heterocycles. The number of rotatable bonds is 4. The standard InChI is InChI=1S/C15H18N2O2/c1-16-13(15(7-8-15)14(18)19)11-9-17(2)12-6-4-3-5-10(11)12/h3-6,9,13,16H,7-8H2,1-2H3,(H,18,19). The fourth-order valence-electron chi connectivity index (χ4n) is 3.09. The summed E-state index contributed by atoms with van der Waals surface area (Å²) in [5.41, 5.74) is 1.60. The molecule has 3 rings (SSSR count). The van der Waals surface area contributed by atoms with Gasteiger partial charge in [0.25, 0.3) is 0 Å². The van der Waals surface area contributed by atoms with Crippen molar-refractivity contribution in [2.45, 2.75) is 18.9 Å². The van der Waals surface area contributed by atoms with E-state index in [2.05, 4.69) is 28.2 Å². The van der Waals surface area contributed by atoms with E-state index in [9.17, 15) is 9.90 Å². The minimum Gasteiger partial charge on any atom is -0.481 e. The average molecular weight is 258 g/mol. The Bertz CT molecular complexity index is 641. The molecule has 19 heavy (non-hydrogen) atoms. The molecule has 2 N–H and O–H groups in total. The van der Waals surface area contributed by atoms with Crippen molar-refractivity contribution in [2.75, 3.05) is 7.05 Å². The summed E-state index contributed by atoms with van der Waals surface area (Å²) in [5, 5.41) is 13.8. The zero-order valence-corrected chi connectivity index (χ0v) is 11.2. The minimum absolute atomic E-state index is 0.129. The highest BCUT2D eigenvalue weighted by Crippen LogP contribution is 2.55. The van der Waals surface area contributed by atoms with Gasteiger partial charge in [0.05, 0.1) is 11.5 Å². The Morgan fingerprint density at radius 1 is 1.42 bits per heavy atom. The first kappa shape index (κ1) is 12.2. The van der Waals surface area contributed by atoms with Crippen LogP contribution in [0.3, 0.4) is 0 Å². The van der Waals surface area contributed by atoms with E-state index in [0.29, 0.717) is 0 Å². The Morgan fingerprint density at radius 2 is 2.11 bits per heavy atom. The topological polar surface area (TPSA) is 54.3 Å². The maximum atomic E-state index is 11.6. The van der Waals surface area contributed by atoms with Crippen LogP contribution in [0.25, 0.3) is 10.9 Å². The summed E-state index contributed by atoms with van der Waals surface area (Å²) in [6.45, 7) is 0. The Morgan fingerprint density at radius 3 is 2.68 bits per heavy atom. The van der Waals surface area contributed by atoms with Crippen LogP contribution in [0.15, 0.2) is 30.5 Å². The molecular formula is C15H18N2O2. The number of carboxylic acids is 1. The van der Waals surface area contributed by atoms with Gasteiger partial charge in [-0.3, -0.25) is 4.79 Å². The quantitative estimate of drug-likeness (QED) is 0.884. The molecule has 1 aliphatic carbocycles. The number of nitrogens with zero attached hydrogens (tertiary/aromatic N) is 1.